The highest BCUT2D eigenvalue weighted by Gasteiger charge is 2.28. The molecule has 0 bridgehead atoms. The van der Waals surface area contributed by atoms with E-state index in [0.29, 0.717) is 6.54 Å². The number of ether oxygens (including phenoxy) is 1. The van der Waals surface area contributed by atoms with Gasteiger partial charge in [0.25, 0.3) is 0 Å². The van der Waals surface area contributed by atoms with Crippen LogP contribution in [-0.4, -0.2) is 54.9 Å². The molecule has 0 spiro atoms. The molecule has 0 radical (unpaired) electrons. The van der Waals surface area contributed by atoms with Crippen LogP contribution >= 0.6 is 11.8 Å². The number of thioether (sulfide) groups is 1. The largest absolute Gasteiger partial charge is 0.373 e. The van der Waals surface area contributed by atoms with Gasteiger partial charge in [0.2, 0.25) is 5.91 Å². The Labute approximate surface area is 130 Å². The van der Waals surface area contributed by atoms with Gasteiger partial charge in [0.15, 0.2) is 0 Å². The maximum Gasteiger partial charge on any atom is 0.241 e. The fourth-order valence-corrected chi connectivity index (χ4v) is 4.11. The molecule has 1 fully saturated rings. The van der Waals surface area contributed by atoms with Crippen LogP contribution in [0.3, 0.4) is 0 Å². The number of fused-ring (bicyclic) bond motifs is 1. The Morgan fingerprint density at radius 1 is 1.29 bits per heavy atom. The van der Waals surface area contributed by atoms with Crippen LogP contribution in [0.15, 0.2) is 29.2 Å². The zero-order valence-corrected chi connectivity index (χ0v) is 13.4. The second-order valence-corrected chi connectivity index (χ2v) is 6.95. The number of hydrogen-bond donors (Lipinski definition) is 0. The molecule has 2 aliphatic rings. The highest BCUT2D eigenvalue weighted by atomic mass is 32.2. The fourth-order valence-electron chi connectivity index (χ4n) is 3.12. The normalized spacial score (nSPS) is 26.5. The van der Waals surface area contributed by atoms with Crippen LogP contribution in [-0.2, 0) is 9.53 Å². The van der Waals surface area contributed by atoms with Gasteiger partial charge in [-0.1, -0.05) is 12.1 Å². The molecule has 2 heterocycles. The molecule has 5 heteroatoms. The molecule has 0 unspecified atom stereocenters. The van der Waals surface area contributed by atoms with Crippen molar-refractivity contribution < 1.29 is 9.53 Å². The van der Waals surface area contributed by atoms with Crippen molar-refractivity contribution in [3.05, 3.63) is 24.3 Å². The zero-order chi connectivity index (χ0) is 14.8. The van der Waals surface area contributed by atoms with Crippen LogP contribution < -0.4 is 4.90 Å². The van der Waals surface area contributed by atoms with Crippen LogP contribution in [0.2, 0.25) is 0 Å². The number of morpholine rings is 1. The molecule has 0 aliphatic carbocycles. The monoisotopic (exact) mass is 306 g/mol. The summed E-state index contributed by atoms with van der Waals surface area (Å²) in [5, 5.41) is 0. The maximum atomic E-state index is 12.7. The minimum Gasteiger partial charge on any atom is -0.373 e. The zero-order valence-electron chi connectivity index (χ0n) is 12.6. The predicted molar refractivity (Wildman–Crippen MR) is 86.0 cm³/mol. The summed E-state index contributed by atoms with van der Waals surface area (Å²) in [5.74, 6) is 1.17. The van der Waals surface area contributed by atoms with E-state index in [-0.39, 0.29) is 18.1 Å². The van der Waals surface area contributed by atoms with E-state index in [1.54, 1.807) is 0 Å². The highest BCUT2D eigenvalue weighted by Crippen LogP contribution is 2.34. The van der Waals surface area contributed by atoms with Gasteiger partial charge < -0.3 is 9.64 Å². The van der Waals surface area contributed by atoms with Crippen molar-refractivity contribution in [2.24, 2.45) is 0 Å². The Bertz CT molecular complexity index is 513. The molecule has 2 aliphatic heterocycles. The maximum absolute atomic E-state index is 12.7. The lowest BCUT2D eigenvalue weighted by molar-refractivity contribution is -0.123. The van der Waals surface area contributed by atoms with Crippen LogP contribution in [0.5, 0.6) is 0 Å². The lowest BCUT2D eigenvalue weighted by Crippen LogP contribution is -2.50. The SMILES string of the molecule is C[C@@H]1CN(CC(=O)N2CCSc3ccccc32)C[C@H](C)O1. The van der Waals surface area contributed by atoms with Crippen LogP contribution in [0.4, 0.5) is 5.69 Å². The number of amides is 1. The summed E-state index contributed by atoms with van der Waals surface area (Å²) in [6.45, 7) is 7.09. The van der Waals surface area contributed by atoms with Crippen LogP contribution in [0.25, 0.3) is 0 Å². The van der Waals surface area contributed by atoms with Gasteiger partial charge in [-0.15, -0.1) is 11.8 Å². The smallest absolute Gasteiger partial charge is 0.241 e. The lowest BCUT2D eigenvalue weighted by atomic mass is 10.2. The van der Waals surface area contributed by atoms with E-state index in [1.807, 2.05) is 34.9 Å². The van der Waals surface area contributed by atoms with E-state index in [2.05, 4.69) is 24.8 Å². The topological polar surface area (TPSA) is 32.8 Å². The first-order chi connectivity index (χ1) is 10.1. The van der Waals surface area contributed by atoms with Crippen molar-refractivity contribution in [2.75, 3.05) is 36.8 Å². The molecule has 3 rings (SSSR count). The average molecular weight is 306 g/mol. The molecule has 114 valence electrons. The van der Waals surface area contributed by atoms with Crippen molar-refractivity contribution >= 4 is 23.4 Å². The van der Waals surface area contributed by atoms with E-state index in [0.717, 1.165) is 31.1 Å². The number of rotatable bonds is 2. The second kappa shape index (κ2) is 6.38. The van der Waals surface area contributed by atoms with Gasteiger partial charge in [0.1, 0.15) is 0 Å². The number of benzene rings is 1. The summed E-state index contributed by atoms with van der Waals surface area (Å²) in [6.07, 6.45) is 0.400. The van der Waals surface area contributed by atoms with E-state index >= 15 is 0 Å². The highest BCUT2D eigenvalue weighted by molar-refractivity contribution is 7.99. The third kappa shape index (κ3) is 3.42. The molecule has 0 aromatic heterocycles. The molecular formula is C16H22N2O2S. The van der Waals surface area contributed by atoms with E-state index < -0.39 is 0 Å². The van der Waals surface area contributed by atoms with Crippen molar-refractivity contribution in [1.29, 1.82) is 0 Å². The number of anilines is 1. The average Bonchev–Trinajstić information content (AvgIpc) is 2.45. The number of nitrogens with zero attached hydrogens (tertiary/aromatic N) is 2. The van der Waals surface area contributed by atoms with Crippen molar-refractivity contribution in [3.63, 3.8) is 0 Å². The van der Waals surface area contributed by atoms with Gasteiger partial charge in [0.05, 0.1) is 24.4 Å². The Kier molecular flexibility index (Phi) is 4.52. The molecular weight excluding hydrogens is 284 g/mol. The second-order valence-electron chi connectivity index (χ2n) is 5.81. The molecule has 0 saturated carbocycles. The first kappa shape index (κ1) is 14.9. The van der Waals surface area contributed by atoms with Gasteiger partial charge in [0, 0.05) is 30.3 Å². The first-order valence-corrected chi connectivity index (χ1v) is 8.52. The van der Waals surface area contributed by atoms with Gasteiger partial charge in [-0.05, 0) is 26.0 Å². The molecule has 1 saturated heterocycles. The Balaban J connectivity index is 1.69. The molecule has 1 aromatic rings. The minimum atomic E-state index is 0.198. The van der Waals surface area contributed by atoms with Gasteiger partial charge in [-0.25, -0.2) is 0 Å². The number of carbonyl (C=O) groups excluding carboxylic acids is 1. The van der Waals surface area contributed by atoms with Gasteiger partial charge in [-0.2, -0.15) is 0 Å². The summed E-state index contributed by atoms with van der Waals surface area (Å²) >= 11 is 1.83. The number of hydrogen-bond acceptors (Lipinski definition) is 4. The van der Waals surface area contributed by atoms with Crippen molar-refractivity contribution in [3.8, 4) is 0 Å². The summed E-state index contributed by atoms with van der Waals surface area (Å²) < 4.78 is 5.73. The fraction of sp³-hybridized carbons (Fsp3) is 0.562. The Morgan fingerprint density at radius 2 is 2.00 bits per heavy atom. The van der Waals surface area contributed by atoms with Gasteiger partial charge >= 0.3 is 0 Å². The molecule has 4 nitrogen and oxygen atoms in total. The first-order valence-electron chi connectivity index (χ1n) is 7.53. The molecule has 0 N–H and O–H groups in total. The Morgan fingerprint density at radius 3 is 2.76 bits per heavy atom. The Hall–Kier alpha value is -1.04. The van der Waals surface area contributed by atoms with E-state index in [1.165, 1.54) is 4.90 Å². The molecule has 1 aromatic carbocycles. The lowest BCUT2D eigenvalue weighted by Gasteiger charge is -2.36. The van der Waals surface area contributed by atoms with Crippen LogP contribution in [0.1, 0.15) is 13.8 Å². The summed E-state index contributed by atoms with van der Waals surface area (Å²) in [5.41, 5.74) is 1.06. The van der Waals surface area contributed by atoms with Gasteiger partial charge in [-0.3, -0.25) is 9.69 Å². The third-order valence-electron chi connectivity index (χ3n) is 3.88. The summed E-state index contributed by atoms with van der Waals surface area (Å²) in [4.78, 5) is 18.0. The standard InChI is InChI=1S/C16H22N2O2S/c1-12-9-17(10-13(2)20-12)11-16(19)18-7-8-21-15-6-4-3-5-14(15)18/h3-6,12-13H,7-11H2,1-2H3/t12-,13+. The molecule has 2 atom stereocenters. The summed E-state index contributed by atoms with van der Waals surface area (Å²) in [6, 6.07) is 8.18. The molecule has 21 heavy (non-hydrogen) atoms. The van der Waals surface area contributed by atoms with Crippen molar-refractivity contribution in [2.45, 2.75) is 31.0 Å². The third-order valence-corrected chi connectivity index (χ3v) is 4.93. The number of para-hydroxylation sites is 1. The van der Waals surface area contributed by atoms with Crippen molar-refractivity contribution in [1.82, 2.24) is 4.90 Å². The quantitative estimate of drug-likeness (QED) is 0.839. The summed E-state index contributed by atoms with van der Waals surface area (Å²) in [7, 11) is 0. The predicted octanol–water partition coefficient (Wildman–Crippen LogP) is 2.23. The number of carbonyl (C=O) groups is 1. The minimum absolute atomic E-state index is 0.198. The van der Waals surface area contributed by atoms with E-state index in [9.17, 15) is 4.79 Å². The molecule has 1 amide bonds. The van der Waals surface area contributed by atoms with Crippen LogP contribution in [0, 0.1) is 0 Å². The van der Waals surface area contributed by atoms with E-state index in [4.69, 9.17) is 4.74 Å².